The maximum Gasteiger partial charge on any atom is 0.0588 e. The van der Waals surface area contributed by atoms with Gasteiger partial charge in [-0.1, -0.05) is 28.1 Å². The number of ether oxygens (including phenoxy) is 1. The molecule has 3 rings (SSSR count). The van der Waals surface area contributed by atoms with E-state index in [0.29, 0.717) is 0 Å². The predicted octanol–water partition coefficient (Wildman–Crippen LogP) is 2.72. The van der Waals surface area contributed by atoms with Crippen molar-refractivity contribution in [3.63, 3.8) is 0 Å². The Morgan fingerprint density at radius 2 is 2.00 bits per heavy atom. The first-order chi connectivity index (χ1) is 8.31. The molecule has 2 saturated heterocycles. The van der Waals surface area contributed by atoms with E-state index in [1.54, 1.807) is 0 Å². The predicted molar refractivity (Wildman–Crippen MR) is 72.2 cm³/mol. The fraction of sp³-hybridized carbons (Fsp3) is 0.571. The third-order valence-electron chi connectivity index (χ3n) is 4.22. The summed E-state index contributed by atoms with van der Waals surface area (Å²) in [4.78, 5) is 0. The summed E-state index contributed by atoms with van der Waals surface area (Å²) in [7, 11) is 0. The topological polar surface area (TPSA) is 21.3 Å². The van der Waals surface area contributed by atoms with E-state index in [4.69, 9.17) is 4.74 Å². The molecule has 1 unspecified atom stereocenters. The van der Waals surface area contributed by atoms with Crippen LogP contribution in [0.4, 0.5) is 0 Å². The van der Waals surface area contributed by atoms with Crippen molar-refractivity contribution in [3.8, 4) is 0 Å². The molecule has 0 radical (unpaired) electrons. The van der Waals surface area contributed by atoms with Crippen LogP contribution in [0, 0.1) is 5.92 Å². The van der Waals surface area contributed by atoms with Crippen LogP contribution >= 0.6 is 15.9 Å². The highest BCUT2D eigenvalue weighted by Crippen LogP contribution is 2.42. The van der Waals surface area contributed by atoms with Gasteiger partial charge in [0.15, 0.2) is 0 Å². The van der Waals surface area contributed by atoms with Crippen LogP contribution in [0.25, 0.3) is 0 Å². The minimum Gasteiger partial charge on any atom is -0.379 e. The highest BCUT2D eigenvalue weighted by molar-refractivity contribution is 9.10. The van der Waals surface area contributed by atoms with Crippen LogP contribution < -0.4 is 5.32 Å². The molecule has 1 aromatic carbocycles. The molecule has 2 aliphatic heterocycles. The van der Waals surface area contributed by atoms with E-state index in [1.807, 2.05) is 0 Å². The number of halogens is 1. The van der Waals surface area contributed by atoms with Crippen LogP contribution in [0.2, 0.25) is 0 Å². The molecule has 2 nitrogen and oxygen atoms in total. The van der Waals surface area contributed by atoms with Crippen molar-refractivity contribution in [2.24, 2.45) is 5.92 Å². The van der Waals surface area contributed by atoms with Crippen molar-refractivity contribution in [1.82, 2.24) is 5.32 Å². The van der Waals surface area contributed by atoms with Crippen LogP contribution in [-0.4, -0.2) is 26.3 Å². The number of rotatable bonds is 2. The average Bonchev–Trinajstić information content (AvgIpc) is 2.32. The van der Waals surface area contributed by atoms with Crippen molar-refractivity contribution >= 4 is 15.9 Å². The van der Waals surface area contributed by atoms with Gasteiger partial charge in [-0.3, -0.25) is 0 Å². The summed E-state index contributed by atoms with van der Waals surface area (Å²) in [5.41, 5.74) is 1.72. The summed E-state index contributed by atoms with van der Waals surface area (Å²) in [5.74, 6) is 0.728. The van der Waals surface area contributed by atoms with E-state index < -0.39 is 0 Å². The van der Waals surface area contributed by atoms with Gasteiger partial charge < -0.3 is 10.1 Å². The van der Waals surface area contributed by atoms with Gasteiger partial charge in [-0.25, -0.2) is 0 Å². The van der Waals surface area contributed by atoms with E-state index in [-0.39, 0.29) is 5.41 Å². The number of hydrogen-bond donors (Lipinski definition) is 1. The zero-order chi connectivity index (χ0) is 11.7. The van der Waals surface area contributed by atoms with Crippen LogP contribution in [0.1, 0.15) is 18.4 Å². The lowest BCUT2D eigenvalue weighted by Gasteiger charge is -2.49. The van der Waals surface area contributed by atoms with Crippen molar-refractivity contribution in [3.05, 3.63) is 34.3 Å². The van der Waals surface area contributed by atoms with Crippen molar-refractivity contribution < 1.29 is 4.74 Å². The molecule has 92 valence electrons. The Bertz CT molecular complexity index is 380. The zero-order valence-electron chi connectivity index (χ0n) is 9.92. The Hall–Kier alpha value is -0.380. The third kappa shape index (κ3) is 2.05. The first kappa shape index (κ1) is 11.7. The first-order valence-corrected chi connectivity index (χ1v) is 7.15. The number of hydrogen-bond acceptors (Lipinski definition) is 2. The van der Waals surface area contributed by atoms with E-state index in [0.717, 1.165) is 30.1 Å². The van der Waals surface area contributed by atoms with Gasteiger partial charge in [-0.05, 0) is 49.5 Å². The van der Waals surface area contributed by atoms with Crippen LogP contribution in [0.15, 0.2) is 28.7 Å². The second kappa shape index (κ2) is 4.71. The molecule has 1 atom stereocenters. The second-order valence-corrected chi connectivity index (χ2v) is 6.11. The summed E-state index contributed by atoms with van der Waals surface area (Å²) < 4.78 is 6.69. The molecular weight excluding hydrogens is 278 g/mol. The molecule has 2 aliphatic rings. The molecule has 17 heavy (non-hydrogen) atoms. The van der Waals surface area contributed by atoms with Crippen LogP contribution in [0.3, 0.4) is 0 Å². The van der Waals surface area contributed by atoms with Crippen LogP contribution in [-0.2, 0) is 10.2 Å². The normalized spacial score (nSPS) is 27.5. The molecule has 0 aromatic heterocycles. The summed E-state index contributed by atoms with van der Waals surface area (Å²) in [5, 5.41) is 3.53. The largest absolute Gasteiger partial charge is 0.379 e. The molecule has 0 bridgehead atoms. The number of piperidine rings is 1. The molecule has 2 heterocycles. The smallest absolute Gasteiger partial charge is 0.0588 e. The number of nitrogens with one attached hydrogen (secondary N) is 1. The lowest BCUT2D eigenvalue weighted by molar-refractivity contribution is -0.0947. The second-order valence-electron chi connectivity index (χ2n) is 5.20. The molecule has 0 aliphatic carbocycles. The van der Waals surface area contributed by atoms with E-state index in [2.05, 4.69) is 45.5 Å². The standard InChI is InChI=1S/C14H18BrNO/c15-13-5-3-11(4-6-13)14(9-17-10-14)12-2-1-7-16-8-12/h3-6,12,16H,1-2,7-10H2. The van der Waals surface area contributed by atoms with Crippen LogP contribution in [0.5, 0.6) is 0 Å². The molecule has 1 aromatic rings. The summed E-state index contributed by atoms with van der Waals surface area (Å²) in [6.07, 6.45) is 2.62. The fourth-order valence-corrected chi connectivity index (χ4v) is 3.33. The Kier molecular flexibility index (Phi) is 3.24. The zero-order valence-corrected chi connectivity index (χ0v) is 11.5. The Morgan fingerprint density at radius 1 is 1.24 bits per heavy atom. The van der Waals surface area contributed by atoms with Gasteiger partial charge >= 0.3 is 0 Å². The summed E-state index contributed by atoms with van der Waals surface area (Å²) >= 11 is 3.50. The summed E-state index contributed by atoms with van der Waals surface area (Å²) in [6, 6.07) is 8.79. The lowest BCUT2D eigenvalue weighted by Crippen LogP contribution is -2.56. The molecular formula is C14H18BrNO. The average molecular weight is 296 g/mol. The molecule has 2 fully saturated rings. The molecule has 1 N–H and O–H groups in total. The van der Waals surface area contributed by atoms with Crippen molar-refractivity contribution in [2.45, 2.75) is 18.3 Å². The van der Waals surface area contributed by atoms with E-state index in [9.17, 15) is 0 Å². The number of benzene rings is 1. The van der Waals surface area contributed by atoms with E-state index >= 15 is 0 Å². The van der Waals surface area contributed by atoms with Gasteiger partial charge in [0.2, 0.25) is 0 Å². The van der Waals surface area contributed by atoms with Gasteiger partial charge in [-0.2, -0.15) is 0 Å². The molecule has 0 spiro atoms. The first-order valence-electron chi connectivity index (χ1n) is 6.36. The highest BCUT2D eigenvalue weighted by Gasteiger charge is 2.46. The minimum absolute atomic E-state index is 0.272. The molecule has 0 amide bonds. The van der Waals surface area contributed by atoms with Gasteiger partial charge in [0.25, 0.3) is 0 Å². The van der Waals surface area contributed by atoms with Gasteiger partial charge in [0.05, 0.1) is 13.2 Å². The summed E-state index contributed by atoms with van der Waals surface area (Å²) in [6.45, 7) is 4.09. The molecule has 3 heteroatoms. The molecule has 0 saturated carbocycles. The Labute approximate surface area is 111 Å². The Morgan fingerprint density at radius 3 is 2.53 bits per heavy atom. The lowest BCUT2D eigenvalue weighted by atomic mass is 9.66. The van der Waals surface area contributed by atoms with Gasteiger partial charge in [-0.15, -0.1) is 0 Å². The SMILES string of the molecule is Brc1ccc(C2(C3CCCNC3)COC2)cc1. The minimum atomic E-state index is 0.272. The van der Waals surface area contributed by atoms with Gasteiger partial charge in [0, 0.05) is 9.89 Å². The fourth-order valence-electron chi connectivity index (χ4n) is 3.07. The van der Waals surface area contributed by atoms with E-state index in [1.165, 1.54) is 24.9 Å². The third-order valence-corrected chi connectivity index (χ3v) is 4.75. The quantitative estimate of drug-likeness (QED) is 0.906. The maximum absolute atomic E-state index is 5.54. The van der Waals surface area contributed by atoms with Crippen molar-refractivity contribution in [2.75, 3.05) is 26.3 Å². The highest BCUT2D eigenvalue weighted by atomic mass is 79.9. The van der Waals surface area contributed by atoms with Crippen molar-refractivity contribution in [1.29, 1.82) is 0 Å². The van der Waals surface area contributed by atoms with Gasteiger partial charge in [0.1, 0.15) is 0 Å². The Balaban J connectivity index is 1.87. The maximum atomic E-state index is 5.54. The monoisotopic (exact) mass is 295 g/mol.